The molecule has 0 saturated heterocycles. The molecule has 1 rings (SSSR count). The van der Waals surface area contributed by atoms with Crippen molar-refractivity contribution in [1.29, 1.82) is 0 Å². The fourth-order valence-electron chi connectivity index (χ4n) is 2.60. The molecule has 124 valence electrons. The number of esters is 1. The maximum atomic E-state index is 11.9. The van der Waals surface area contributed by atoms with Crippen molar-refractivity contribution in [3.8, 4) is 11.5 Å². The maximum Gasteiger partial charge on any atom is 0.309 e. The summed E-state index contributed by atoms with van der Waals surface area (Å²) in [6.45, 7) is 5.49. The lowest BCUT2D eigenvalue weighted by atomic mass is 9.70. The van der Waals surface area contributed by atoms with Crippen LogP contribution in [0.3, 0.4) is 0 Å². The number of hydrogen-bond acceptors (Lipinski definition) is 6. The molecule has 7 nitrogen and oxygen atoms in total. The van der Waals surface area contributed by atoms with E-state index in [0.29, 0.717) is 0 Å². The Kier molecular flexibility index (Phi) is 5.73. The molecule has 0 heterocycles. The van der Waals surface area contributed by atoms with Crippen molar-refractivity contribution in [2.45, 2.75) is 44.2 Å². The third-order valence-corrected chi connectivity index (χ3v) is 4.52. The number of hydrogen-bond donors (Lipinski definition) is 2. The largest absolute Gasteiger partial charge is 0.469 e. The van der Waals surface area contributed by atoms with Crippen LogP contribution in [0.1, 0.15) is 12.8 Å². The molecule has 8 heteroatoms. The first-order valence-electron chi connectivity index (χ1n) is 7.12. The van der Waals surface area contributed by atoms with E-state index in [1.807, 2.05) is 19.6 Å². The molecule has 0 aromatic rings. The van der Waals surface area contributed by atoms with Crippen LogP contribution in [0.25, 0.3) is 0 Å². The molecule has 1 aliphatic carbocycles. The Morgan fingerprint density at radius 2 is 2.05 bits per heavy atom. The molecule has 0 unspecified atom stereocenters. The number of aliphatic hydroxyl groups excluding tert-OH is 1. The predicted octanol–water partition coefficient (Wildman–Crippen LogP) is 0.435. The van der Waals surface area contributed by atoms with Gasteiger partial charge >= 0.3 is 5.97 Å². The van der Waals surface area contributed by atoms with E-state index in [0.717, 1.165) is 0 Å². The number of methoxy groups -OCH3 is 1. The van der Waals surface area contributed by atoms with Crippen LogP contribution < -0.4 is 0 Å². The van der Waals surface area contributed by atoms with E-state index >= 15 is 0 Å². The van der Waals surface area contributed by atoms with E-state index in [2.05, 4.69) is 16.2 Å². The summed E-state index contributed by atoms with van der Waals surface area (Å²) in [4.78, 5) is 22.1. The molecule has 22 heavy (non-hydrogen) atoms. The molecular formula is C14H23NO6Si. The summed E-state index contributed by atoms with van der Waals surface area (Å²) in [5.41, 5.74) is 1.51. The van der Waals surface area contributed by atoms with Gasteiger partial charge in [-0.15, -0.1) is 5.54 Å². The van der Waals surface area contributed by atoms with Gasteiger partial charge in [0.05, 0.1) is 25.0 Å². The van der Waals surface area contributed by atoms with Gasteiger partial charge in [-0.05, 0) is 0 Å². The Morgan fingerprint density at radius 3 is 2.50 bits per heavy atom. The summed E-state index contributed by atoms with van der Waals surface area (Å²) >= 11 is 0. The molecule has 0 aliphatic heterocycles. The molecule has 1 aliphatic rings. The summed E-state index contributed by atoms with van der Waals surface area (Å²) in [6, 6.07) is 0. The first-order valence-corrected chi connectivity index (χ1v) is 10.6. The minimum absolute atomic E-state index is 0.0628. The Labute approximate surface area is 130 Å². The van der Waals surface area contributed by atoms with Crippen molar-refractivity contribution in [1.82, 2.24) is 0 Å². The summed E-state index contributed by atoms with van der Waals surface area (Å²) in [6.07, 6.45) is -1.34. The molecule has 1 fully saturated rings. The monoisotopic (exact) mass is 329 g/mol. The number of carbonyl (C=O) groups is 1. The Hall–Kier alpha value is -1.43. The molecule has 0 aromatic carbocycles. The molecule has 0 spiro atoms. The van der Waals surface area contributed by atoms with Crippen LogP contribution in [0.15, 0.2) is 0 Å². The van der Waals surface area contributed by atoms with Gasteiger partial charge in [0.15, 0.2) is 0 Å². The minimum Gasteiger partial charge on any atom is -0.469 e. The standard InChI is InChI=1S/C14H23NO6Si/c1-21-13(17)10-7-14(18,5-6-22(2,3)4)8-12(16)11(10)9-15(19)20/h10-12,16,18H,7-9H2,1-4H3/t10-,11-,12-,14-/m0/s1. The topological polar surface area (TPSA) is 110 Å². The highest BCUT2D eigenvalue weighted by Gasteiger charge is 2.49. The van der Waals surface area contributed by atoms with Crippen LogP contribution in [0.4, 0.5) is 0 Å². The second kappa shape index (κ2) is 6.77. The van der Waals surface area contributed by atoms with E-state index in [9.17, 15) is 25.1 Å². The lowest BCUT2D eigenvalue weighted by molar-refractivity contribution is -0.493. The lowest BCUT2D eigenvalue weighted by Gasteiger charge is -2.39. The molecule has 0 aromatic heterocycles. The van der Waals surface area contributed by atoms with Gasteiger partial charge in [0.25, 0.3) is 0 Å². The molecule has 0 amide bonds. The average Bonchev–Trinajstić information content (AvgIpc) is 2.38. The third kappa shape index (κ3) is 5.09. The maximum absolute atomic E-state index is 11.9. The zero-order valence-electron chi connectivity index (χ0n) is 13.3. The number of rotatable bonds is 3. The van der Waals surface area contributed by atoms with Gasteiger partial charge in [0.1, 0.15) is 13.7 Å². The Bertz CT molecular complexity index is 506. The normalized spacial score (nSPS) is 31.8. The van der Waals surface area contributed by atoms with Crippen LogP contribution in [0.2, 0.25) is 19.6 Å². The van der Waals surface area contributed by atoms with Gasteiger partial charge < -0.3 is 14.9 Å². The highest BCUT2D eigenvalue weighted by Crippen LogP contribution is 2.37. The molecule has 4 atom stereocenters. The fraction of sp³-hybridized carbons (Fsp3) is 0.786. The van der Waals surface area contributed by atoms with Gasteiger partial charge in [-0.2, -0.15) is 0 Å². The van der Waals surface area contributed by atoms with Gasteiger partial charge in [-0.25, -0.2) is 0 Å². The summed E-state index contributed by atoms with van der Waals surface area (Å²) < 4.78 is 4.67. The van der Waals surface area contributed by atoms with Gasteiger partial charge in [-0.1, -0.05) is 25.6 Å². The first-order chi connectivity index (χ1) is 9.97. The van der Waals surface area contributed by atoms with Crippen molar-refractivity contribution < 1.29 is 24.7 Å². The van der Waals surface area contributed by atoms with E-state index in [1.165, 1.54) is 7.11 Å². The number of aliphatic hydroxyl groups is 2. The second-order valence-corrected chi connectivity index (χ2v) is 11.6. The van der Waals surface area contributed by atoms with Crippen LogP contribution >= 0.6 is 0 Å². The summed E-state index contributed by atoms with van der Waals surface area (Å²) in [5, 5.41) is 31.5. The molecule has 2 N–H and O–H groups in total. The molecule has 0 bridgehead atoms. The number of carbonyl (C=O) groups excluding carboxylic acids is 1. The minimum atomic E-state index is -1.74. The van der Waals surface area contributed by atoms with Crippen molar-refractivity contribution >= 4 is 14.0 Å². The van der Waals surface area contributed by atoms with Crippen molar-refractivity contribution in [2.24, 2.45) is 11.8 Å². The van der Waals surface area contributed by atoms with Gasteiger partial charge in [0.2, 0.25) is 6.54 Å². The summed E-state index contributed by atoms with van der Waals surface area (Å²) in [5.74, 6) is 0.290. The number of ether oxygens (including phenoxy) is 1. The van der Waals surface area contributed by atoms with Crippen LogP contribution in [-0.4, -0.2) is 54.5 Å². The van der Waals surface area contributed by atoms with Gasteiger partial charge in [-0.3, -0.25) is 14.9 Å². The van der Waals surface area contributed by atoms with Gasteiger partial charge in [0, 0.05) is 17.8 Å². The highest BCUT2D eigenvalue weighted by atomic mass is 28.3. The zero-order chi connectivity index (χ0) is 17.1. The molecular weight excluding hydrogens is 306 g/mol. The molecule has 1 saturated carbocycles. The van der Waals surface area contributed by atoms with Crippen LogP contribution in [0, 0.1) is 33.4 Å². The number of nitrogens with zero attached hydrogens (tertiary/aromatic N) is 1. The Balaban J connectivity index is 3.08. The van der Waals surface area contributed by atoms with E-state index in [-0.39, 0.29) is 12.8 Å². The SMILES string of the molecule is COC(=O)[C@H]1C[C@@](O)(C#C[Si](C)(C)C)C[C@H](O)[C@H]1C[N+](=O)[O-]. The van der Waals surface area contributed by atoms with Crippen LogP contribution in [-0.2, 0) is 9.53 Å². The van der Waals surface area contributed by atoms with E-state index in [1.54, 1.807) is 0 Å². The fourth-order valence-corrected chi connectivity index (χ4v) is 3.21. The smallest absolute Gasteiger partial charge is 0.309 e. The van der Waals surface area contributed by atoms with E-state index in [4.69, 9.17) is 0 Å². The van der Waals surface area contributed by atoms with Crippen molar-refractivity contribution in [2.75, 3.05) is 13.7 Å². The van der Waals surface area contributed by atoms with Crippen molar-refractivity contribution in [3.63, 3.8) is 0 Å². The Morgan fingerprint density at radius 1 is 1.45 bits per heavy atom. The second-order valence-electron chi connectivity index (χ2n) is 6.82. The van der Waals surface area contributed by atoms with Crippen LogP contribution in [0.5, 0.6) is 0 Å². The van der Waals surface area contributed by atoms with Crippen molar-refractivity contribution in [3.05, 3.63) is 10.1 Å². The number of nitro groups is 1. The first kappa shape index (κ1) is 18.6. The zero-order valence-corrected chi connectivity index (χ0v) is 14.3. The average molecular weight is 329 g/mol. The quantitative estimate of drug-likeness (QED) is 0.255. The predicted molar refractivity (Wildman–Crippen MR) is 82.2 cm³/mol. The highest BCUT2D eigenvalue weighted by molar-refractivity contribution is 6.83. The van der Waals surface area contributed by atoms with E-state index < -0.39 is 49.1 Å². The lowest BCUT2D eigenvalue weighted by Crippen LogP contribution is -2.51. The summed E-state index contributed by atoms with van der Waals surface area (Å²) in [7, 11) is -0.558. The third-order valence-electron chi connectivity index (χ3n) is 3.65. The molecule has 0 radical (unpaired) electrons.